The summed E-state index contributed by atoms with van der Waals surface area (Å²) in [5.74, 6) is -1.57. The number of hydrogen-bond acceptors (Lipinski definition) is 8. The highest BCUT2D eigenvalue weighted by Crippen LogP contribution is 2.46. The standard InChI is InChI=1S/C38H46N4O7/c1-5-47-35(45)38-22-24(38)15-9-7-6-8-10-20-30(39-36(46)48-37(2,3)4)34(44)42-23-25(21-31(42)33(43)40-38)49-41-32-28-18-13-11-16-26(28)27-17-12-14-19-29(27)32/h9,11-19,24-25,30-31H,5-8,10,20-23H2,1-4H3,(H,39,46)(H,40,43)/b15-9-/t24?,25-,30+,31+,38-/m1/s1. The van der Waals surface area contributed by atoms with Crippen molar-refractivity contribution >= 4 is 29.6 Å². The van der Waals surface area contributed by atoms with Crippen LogP contribution in [0.3, 0.4) is 0 Å². The van der Waals surface area contributed by atoms with Gasteiger partial charge in [0.05, 0.1) is 13.2 Å². The van der Waals surface area contributed by atoms with Gasteiger partial charge in [-0.1, -0.05) is 78.7 Å². The maximum absolute atomic E-state index is 14.3. The Bertz CT molecular complexity index is 1620. The van der Waals surface area contributed by atoms with Gasteiger partial charge in [0.2, 0.25) is 11.8 Å². The fourth-order valence-corrected chi connectivity index (χ4v) is 7.05. The number of esters is 1. The van der Waals surface area contributed by atoms with Crippen LogP contribution >= 0.6 is 0 Å². The molecule has 3 amide bonds. The minimum Gasteiger partial charge on any atom is -0.464 e. The van der Waals surface area contributed by atoms with Gasteiger partial charge in [-0.3, -0.25) is 9.59 Å². The number of alkyl carbamates (subject to hydrolysis) is 1. The molecule has 2 aromatic carbocycles. The van der Waals surface area contributed by atoms with Crippen molar-refractivity contribution in [2.45, 2.75) is 102 Å². The second-order valence-corrected chi connectivity index (χ2v) is 14.3. The van der Waals surface area contributed by atoms with Gasteiger partial charge in [0.1, 0.15) is 35.0 Å². The smallest absolute Gasteiger partial charge is 0.408 e. The van der Waals surface area contributed by atoms with Crippen LogP contribution in [0.1, 0.15) is 83.8 Å². The summed E-state index contributed by atoms with van der Waals surface area (Å²) in [6.07, 6.45) is 6.86. The first-order valence-electron chi connectivity index (χ1n) is 17.4. The third kappa shape index (κ3) is 7.35. The fourth-order valence-electron chi connectivity index (χ4n) is 7.05. The molecule has 2 aliphatic carbocycles. The highest BCUT2D eigenvalue weighted by Gasteiger charge is 2.62. The number of rotatable bonds is 5. The van der Waals surface area contributed by atoms with Crippen LogP contribution < -0.4 is 10.6 Å². The van der Waals surface area contributed by atoms with Crippen molar-refractivity contribution in [3.8, 4) is 11.1 Å². The molecule has 4 aliphatic rings. The SMILES string of the molecule is CCOC(=O)[C@@]12CC1/C=C\CCCCC[C@H](NC(=O)OC(C)(C)C)C(=O)N1C[C@H](ON=C3c4ccccc4-c4ccccc43)C[C@H]1C(=O)N2. The summed E-state index contributed by atoms with van der Waals surface area (Å²) >= 11 is 0. The molecule has 1 saturated carbocycles. The zero-order chi connectivity index (χ0) is 34.8. The quantitative estimate of drug-likeness (QED) is 0.215. The summed E-state index contributed by atoms with van der Waals surface area (Å²) < 4.78 is 10.9. The van der Waals surface area contributed by atoms with Crippen molar-refractivity contribution in [2.24, 2.45) is 11.1 Å². The molecule has 2 aliphatic heterocycles. The maximum Gasteiger partial charge on any atom is 0.408 e. The Balaban J connectivity index is 1.30. The maximum atomic E-state index is 14.3. The molecule has 2 fully saturated rings. The largest absolute Gasteiger partial charge is 0.464 e. The average Bonchev–Trinajstić information content (AvgIpc) is 3.42. The Kier molecular flexibility index (Phi) is 9.81. The lowest BCUT2D eigenvalue weighted by atomic mass is 10.0. The molecule has 0 spiro atoms. The summed E-state index contributed by atoms with van der Waals surface area (Å²) in [4.78, 5) is 62.2. The van der Waals surface area contributed by atoms with E-state index in [2.05, 4.69) is 15.8 Å². The molecule has 2 heterocycles. The summed E-state index contributed by atoms with van der Waals surface area (Å²) in [6, 6.07) is 14.1. The Hall–Kier alpha value is -4.67. The molecule has 11 heteroatoms. The predicted molar refractivity (Wildman–Crippen MR) is 184 cm³/mol. The molecule has 1 saturated heterocycles. The van der Waals surface area contributed by atoms with Crippen LogP contribution in [-0.4, -0.2) is 77.0 Å². The van der Waals surface area contributed by atoms with Gasteiger partial charge >= 0.3 is 12.1 Å². The van der Waals surface area contributed by atoms with Crippen LogP contribution in [0.2, 0.25) is 0 Å². The minimum absolute atomic E-state index is 0.0687. The van der Waals surface area contributed by atoms with Gasteiger partial charge in [0.15, 0.2) is 0 Å². The van der Waals surface area contributed by atoms with Gasteiger partial charge in [0, 0.05) is 23.5 Å². The van der Waals surface area contributed by atoms with E-state index >= 15 is 0 Å². The van der Waals surface area contributed by atoms with Gasteiger partial charge < -0.3 is 29.8 Å². The van der Waals surface area contributed by atoms with E-state index in [1.54, 1.807) is 27.7 Å². The first-order chi connectivity index (χ1) is 23.5. The third-order valence-electron chi connectivity index (χ3n) is 9.52. The zero-order valence-electron chi connectivity index (χ0n) is 28.7. The van der Waals surface area contributed by atoms with Crippen molar-refractivity contribution in [3.63, 3.8) is 0 Å². The number of ether oxygens (including phenoxy) is 2. The molecule has 0 bridgehead atoms. The lowest BCUT2D eigenvalue weighted by Crippen LogP contribution is -2.56. The topological polar surface area (TPSA) is 136 Å². The van der Waals surface area contributed by atoms with E-state index in [0.717, 1.165) is 41.5 Å². The Morgan fingerprint density at radius 1 is 1.00 bits per heavy atom. The van der Waals surface area contributed by atoms with Crippen molar-refractivity contribution in [1.29, 1.82) is 0 Å². The lowest BCUT2D eigenvalue weighted by molar-refractivity contribution is -0.150. The van der Waals surface area contributed by atoms with Crippen LogP contribution in [0.25, 0.3) is 11.1 Å². The van der Waals surface area contributed by atoms with Gasteiger partial charge in [-0.2, -0.15) is 0 Å². The van der Waals surface area contributed by atoms with Crippen molar-refractivity contribution in [2.75, 3.05) is 13.2 Å². The molecule has 260 valence electrons. The molecule has 0 aromatic heterocycles. The number of hydrogen-bond donors (Lipinski definition) is 2. The predicted octanol–water partition coefficient (Wildman–Crippen LogP) is 5.26. The second kappa shape index (κ2) is 14.1. The number of carbonyl (C=O) groups excluding carboxylic acids is 4. The van der Waals surface area contributed by atoms with Gasteiger partial charge in [0.25, 0.3) is 0 Å². The number of fused-ring (bicyclic) bond motifs is 5. The zero-order valence-corrected chi connectivity index (χ0v) is 28.7. The van der Waals surface area contributed by atoms with E-state index in [0.29, 0.717) is 25.0 Å². The van der Waals surface area contributed by atoms with E-state index in [9.17, 15) is 19.2 Å². The molecule has 1 unspecified atom stereocenters. The van der Waals surface area contributed by atoms with Gasteiger partial charge in [-0.05, 0) is 64.5 Å². The Morgan fingerprint density at radius 2 is 1.67 bits per heavy atom. The lowest BCUT2D eigenvalue weighted by Gasteiger charge is -2.30. The highest BCUT2D eigenvalue weighted by molar-refractivity contribution is 6.24. The minimum atomic E-state index is -1.19. The first-order valence-corrected chi connectivity index (χ1v) is 17.4. The normalized spacial score (nSPS) is 27.2. The van der Waals surface area contributed by atoms with Crippen molar-refractivity contribution < 1.29 is 33.5 Å². The van der Waals surface area contributed by atoms with Crippen LogP contribution in [-0.2, 0) is 28.7 Å². The van der Waals surface area contributed by atoms with E-state index < -0.39 is 53.2 Å². The third-order valence-corrected chi connectivity index (χ3v) is 9.52. The number of benzene rings is 2. The van der Waals surface area contributed by atoms with E-state index in [4.69, 9.17) is 14.3 Å². The molecular weight excluding hydrogens is 624 g/mol. The summed E-state index contributed by atoms with van der Waals surface area (Å²) in [7, 11) is 0. The number of amides is 3. The molecular formula is C38H46N4O7. The van der Waals surface area contributed by atoms with Crippen LogP contribution in [0.4, 0.5) is 4.79 Å². The summed E-state index contributed by atoms with van der Waals surface area (Å²) in [5.41, 5.74) is 2.73. The number of oxime groups is 1. The van der Waals surface area contributed by atoms with E-state index in [1.807, 2.05) is 60.7 Å². The van der Waals surface area contributed by atoms with Gasteiger partial charge in [-0.15, -0.1) is 0 Å². The molecule has 11 nitrogen and oxygen atoms in total. The first kappa shape index (κ1) is 34.2. The van der Waals surface area contributed by atoms with Crippen molar-refractivity contribution in [1.82, 2.24) is 15.5 Å². The highest BCUT2D eigenvalue weighted by atomic mass is 16.6. The Labute approximate surface area is 287 Å². The van der Waals surface area contributed by atoms with Crippen LogP contribution in [0.5, 0.6) is 0 Å². The van der Waals surface area contributed by atoms with Crippen LogP contribution in [0, 0.1) is 5.92 Å². The summed E-state index contributed by atoms with van der Waals surface area (Å²) in [5, 5.41) is 10.4. The average molecular weight is 671 g/mol. The van der Waals surface area contributed by atoms with Crippen LogP contribution in [0.15, 0.2) is 65.8 Å². The Morgan fingerprint density at radius 3 is 2.33 bits per heavy atom. The molecule has 0 radical (unpaired) electrons. The molecule has 2 N–H and O–H groups in total. The number of nitrogens with zero attached hydrogens (tertiary/aromatic N) is 2. The number of allylic oxidation sites excluding steroid dienone is 1. The number of carbonyl (C=O) groups is 4. The fraction of sp³-hybridized carbons (Fsp3) is 0.500. The monoisotopic (exact) mass is 670 g/mol. The summed E-state index contributed by atoms with van der Waals surface area (Å²) in [6.45, 7) is 7.26. The van der Waals surface area contributed by atoms with E-state index in [-0.39, 0.29) is 25.5 Å². The molecule has 2 aromatic rings. The second-order valence-electron chi connectivity index (χ2n) is 14.3. The van der Waals surface area contributed by atoms with Gasteiger partial charge in [-0.25, -0.2) is 9.59 Å². The van der Waals surface area contributed by atoms with Crippen molar-refractivity contribution in [3.05, 3.63) is 71.8 Å². The molecule has 49 heavy (non-hydrogen) atoms. The number of nitrogens with one attached hydrogen (secondary N) is 2. The molecule has 6 rings (SSSR count). The van der Waals surface area contributed by atoms with E-state index in [1.165, 1.54) is 4.90 Å². The molecule has 5 atom stereocenters.